The molecule has 3 aromatic heterocycles. The van der Waals surface area contributed by atoms with Crippen molar-refractivity contribution in [1.82, 2.24) is 19.9 Å². The van der Waals surface area contributed by atoms with Crippen molar-refractivity contribution in [2.45, 2.75) is 13.0 Å². The quantitative estimate of drug-likeness (QED) is 0.281. The molecule has 5 rings (SSSR count). The molecule has 32 heavy (non-hydrogen) atoms. The van der Waals surface area contributed by atoms with Gasteiger partial charge in [-0.3, -0.25) is 0 Å². The van der Waals surface area contributed by atoms with Gasteiger partial charge in [-0.25, -0.2) is 9.97 Å². The summed E-state index contributed by atoms with van der Waals surface area (Å²) in [4.78, 5) is 16.2. The molecule has 0 aliphatic rings. The van der Waals surface area contributed by atoms with Crippen LogP contribution in [-0.4, -0.2) is 26.5 Å². The Kier molecular flexibility index (Phi) is 5.77. The lowest BCUT2D eigenvalue weighted by atomic mass is 10.2. The monoisotopic (exact) mass is 443 g/mol. The Morgan fingerprint density at radius 3 is 2.62 bits per heavy atom. The third-order valence-electron chi connectivity index (χ3n) is 5.11. The van der Waals surface area contributed by atoms with Crippen molar-refractivity contribution in [2.75, 3.05) is 11.9 Å². The number of nitrogens with one attached hydrogen (secondary N) is 3. The van der Waals surface area contributed by atoms with E-state index in [2.05, 4.69) is 21.4 Å². The van der Waals surface area contributed by atoms with Gasteiger partial charge in [-0.2, -0.15) is 0 Å². The third kappa shape index (κ3) is 4.60. The highest BCUT2D eigenvalue weighted by molar-refractivity contribution is 6.30. The normalized spacial score (nSPS) is 11.0. The molecule has 0 fully saturated rings. The average Bonchev–Trinajstić information content (AvgIpc) is 3.48. The summed E-state index contributed by atoms with van der Waals surface area (Å²) < 4.78 is 5.90. The minimum absolute atomic E-state index is 0.374. The number of aromatic amines is 2. The van der Waals surface area contributed by atoms with E-state index in [9.17, 15) is 0 Å². The smallest absolute Gasteiger partial charge is 0.163 e. The van der Waals surface area contributed by atoms with Crippen LogP contribution in [0.15, 0.2) is 79.0 Å². The molecule has 0 saturated carbocycles. The molecular formula is C25H22ClN5O. The molecule has 0 atom stereocenters. The van der Waals surface area contributed by atoms with E-state index in [1.807, 2.05) is 66.9 Å². The Bertz CT molecular complexity index is 1320. The van der Waals surface area contributed by atoms with Crippen molar-refractivity contribution in [2.24, 2.45) is 0 Å². The van der Waals surface area contributed by atoms with E-state index >= 15 is 0 Å². The molecule has 0 bridgehead atoms. The Balaban J connectivity index is 1.43. The van der Waals surface area contributed by atoms with Crippen LogP contribution in [0.1, 0.15) is 11.4 Å². The van der Waals surface area contributed by atoms with Crippen LogP contribution in [0.25, 0.3) is 22.4 Å². The number of anilines is 1. The summed E-state index contributed by atoms with van der Waals surface area (Å²) in [6.45, 7) is 1.12. The summed E-state index contributed by atoms with van der Waals surface area (Å²) in [6, 6.07) is 23.5. The number of ether oxygens (including phenoxy) is 1. The van der Waals surface area contributed by atoms with Gasteiger partial charge in [-0.1, -0.05) is 48.0 Å². The Morgan fingerprint density at radius 1 is 0.906 bits per heavy atom. The second-order valence-electron chi connectivity index (χ2n) is 7.44. The Labute approximate surface area is 190 Å². The highest BCUT2D eigenvalue weighted by Gasteiger charge is 2.13. The topological polar surface area (TPSA) is 78.6 Å². The van der Waals surface area contributed by atoms with Gasteiger partial charge in [-0.15, -0.1) is 0 Å². The van der Waals surface area contributed by atoms with Crippen LogP contribution >= 0.6 is 11.6 Å². The zero-order valence-corrected chi connectivity index (χ0v) is 18.1. The molecule has 0 aliphatic heterocycles. The number of rotatable bonds is 8. The number of hydrogen-bond donors (Lipinski definition) is 3. The van der Waals surface area contributed by atoms with Crippen LogP contribution in [-0.2, 0) is 13.0 Å². The molecule has 160 valence electrons. The predicted molar refractivity (Wildman–Crippen MR) is 128 cm³/mol. The average molecular weight is 444 g/mol. The minimum atomic E-state index is 0.374. The first kappa shape index (κ1) is 20.2. The van der Waals surface area contributed by atoms with Crippen molar-refractivity contribution in [1.29, 1.82) is 0 Å². The fourth-order valence-electron chi connectivity index (χ4n) is 3.55. The number of benzene rings is 2. The van der Waals surface area contributed by atoms with E-state index in [0.717, 1.165) is 46.8 Å². The van der Waals surface area contributed by atoms with Gasteiger partial charge < -0.3 is 20.0 Å². The molecule has 6 nitrogen and oxygen atoms in total. The SMILES string of the molecule is Clc1cccc(OCc2cc3c(NCCc4ccc[nH]4)nc(-c4ccccc4)nc3[nH]2)c1. The van der Waals surface area contributed by atoms with Crippen molar-refractivity contribution in [3.05, 3.63) is 95.4 Å². The molecule has 3 heterocycles. The maximum Gasteiger partial charge on any atom is 0.163 e. The van der Waals surface area contributed by atoms with Gasteiger partial charge in [0.1, 0.15) is 23.8 Å². The van der Waals surface area contributed by atoms with Crippen molar-refractivity contribution >= 4 is 28.5 Å². The zero-order chi connectivity index (χ0) is 21.8. The molecule has 2 aromatic carbocycles. The largest absolute Gasteiger partial charge is 0.487 e. The molecular weight excluding hydrogens is 422 g/mol. The van der Waals surface area contributed by atoms with Crippen LogP contribution in [0, 0.1) is 0 Å². The van der Waals surface area contributed by atoms with E-state index in [0.29, 0.717) is 17.5 Å². The number of nitrogens with zero attached hydrogens (tertiary/aromatic N) is 2. The van der Waals surface area contributed by atoms with Crippen molar-refractivity contribution < 1.29 is 4.74 Å². The first-order valence-corrected chi connectivity index (χ1v) is 10.8. The fourth-order valence-corrected chi connectivity index (χ4v) is 3.73. The van der Waals surface area contributed by atoms with Crippen molar-refractivity contribution in [3.8, 4) is 17.1 Å². The standard InChI is InChI=1S/C25H22ClN5O/c26-18-8-4-10-21(14-18)32-16-20-15-22-24(28-13-11-19-9-5-12-27-19)30-23(31-25(22)29-20)17-6-2-1-3-7-17/h1-10,12,14-15,27H,11,13,16H2,(H2,28,29,30,31). The number of hydrogen-bond acceptors (Lipinski definition) is 4. The molecule has 0 aliphatic carbocycles. The summed E-state index contributed by atoms with van der Waals surface area (Å²) in [5, 5.41) is 5.06. The van der Waals surface area contributed by atoms with Gasteiger partial charge in [0.15, 0.2) is 5.82 Å². The maximum atomic E-state index is 6.06. The summed E-state index contributed by atoms with van der Waals surface area (Å²) in [5.41, 5.74) is 3.82. The third-order valence-corrected chi connectivity index (χ3v) is 5.35. The molecule has 0 spiro atoms. The van der Waals surface area contributed by atoms with Gasteiger partial charge in [0.05, 0.1) is 11.1 Å². The molecule has 0 saturated heterocycles. The van der Waals surface area contributed by atoms with Crippen LogP contribution < -0.4 is 10.1 Å². The van der Waals surface area contributed by atoms with E-state index in [1.165, 1.54) is 5.69 Å². The summed E-state index contributed by atoms with van der Waals surface area (Å²) in [5.74, 6) is 2.19. The summed E-state index contributed by atoms with van der Waals surface area (Å²) in [6.07, 6.45) is 2.80. The van der Waals surface area contributed by atoms with Gasteiger partial charge in [0.25, 0.3) is 0 Å². The predicted octanol–water partition coefficient (Wildman–Crippen LogP) is 5.84. The summed E-state index contributed by atoms with van der Waals surface area (Å²) >= 11 is 6.06. The fraction of sp³-hybridized carbons (Fsp3) is 0.120. The lowest BCUT2D eigenvalue weighted by molar-refractivity contribution is 0.302. The number of H-pyrrole nitrogens is 2. The second-order valence-corrected chi connectivity index (χ2v) is 7.87. The molecule has 0 unspecified atom stereocenters. The van der Waals surface area contributed by atoms with Gasteiger partial charge in [0, 0.05) is 35.4 Å². The Morgan fingerprint density at radius 2 is 1.81 bits per heavy atom. The van der Waals surface area contributed by atoms with E-state index in [-0.39, 0.29) is 0 Å². The van der Waals surface area contributed by atoms with Gasteiger partial charge >= 0.3 is 0 Å². The summed E-state index contributed by atoms with van der Waals surface area (Å²) in [7, 11) is 0. The highest BCUT2D eigenvalue weighted by Crippen LogP contribution is 2.26. The van der Waals surface area contributed by atoms with Crippen LogP contribution in [0.5, 0.6) is 5.75 Å². The number of halogens is 1. The second kappa shape index (κ2) is 9.16. The van der Waals surface area contributed by atoms with Crippen LogP contribution in [0.2, 0.25) is 5.02 Å². The molecule has 3 N–H and O–H groups in total. The number of aromatic nitrogens is 4. The minimum Gasteiger partial charge on any atom is -0.487 e. The van der Waals surface area contributed by atoms with E-state index < -0.39 is 0 Å². The maximum absolute atomic E-state index is 6.06. The number of fused-ring (bicyclic) bond motifs is 1. The molecule has 0 amide bonds. The lowest BCUT2D eigenvalue weighted by Crippen LogP contribution is -2.08. The first-order chi connectivity index (χ1) is 15.7. The zero-order valence-electron chi connectivity index (χ0n) is 17.3. The molecule has 5 aromatic rings. The Hall–Kier alpha value is -3.77. The molecule has 7 heteroatoms. The van der Waals surface area contributed by atoms with Crippen LogP contribution in [0.3, 0.4) is 0 Å². The van der Waals surface area contributed by atoms with E-state index in [1.54, 1.807) is 6.07 Å². The first-order valence-electron chi connectivity index (χ1n) is 10.4. The van der Waals surface area contributed by atoms with Gasteiger partial charge in [-0.05, 0) is 36.4 Å². The van der Waals surface area contributed by atoms with Gasteiger partial charge in [0.2, 0.25) is 0 Å². The van der Waals surface area contributed by atoms with Crippen molar-refractivity contribution in [3.63, 3.8) is 0 Å². The molecule has 0 radical (unpaired) electrons. The lowest BCUT2D eigenvalue weighted by Gasteiger charge is -2.08. The van der Waals surface area contributed by atoms with Crippen LogP contribution in [0.4, 0.5) is 5.82 Å². The highest BCUT2D eigenvalue weighted by atomic mass is 35.5. The van der Waals surface area contributed by atoms with E-state index in [4.69, 9.17) is 26.3 Å².